The van der Waals surface area contributed by atoms with E-state index < -0.39 is 0 Å². The first-order valence-electron chi connectivity index (χ1n) is 3.95. The van der Waals surface area contributed by atoms with Crippen LogP contribution in [0.15, 0.2) is 6.33 Å². The van der Waals surface area contributed by atoms with Gasteiger partial charge in [-0.15, -0.1) is 5.10 Å². The minimum absolute atomic E-state index is 0.0627. The summed E-state index contributed by atoms with van der Waals surface area (Å²) in [4.78, 5) is 13.2. The molecule has 1 fully saturated rings. The van der Waals surface area contributed by atoms with E-state index >= 15 is 0 Å². The quantitative estimate of drug-likeness (QED) is 0.639. The summed E-state index contributed by atoms with van der Waals surface area (Å²) in [5.74, 6) is 0.812. The zero-order valence-electron chi connectivity index (χ0n) is 7.16. The Hall–Kier alpha value is -1.02. The molecule has 1 aliphatic heterocycles. The van der Waals surface area contributed by atoms with E-state index in [1.807, 2.05) is 0 Å². The molecule has 1 aliphatic rings. The Morgan fingerprint density at radius 1 is 1.71 bits per heavy atom. The van der Waals surface area contributed by atoms with Gasteiger partial charge in [-0.25, -0.2) is 4.68 Å². The van der Waals surface area contributed by atoms with Gasteiger partial charge in [0.15, 0.2) is 0 Å². The Labute approximate surface area is 89.6 Å². The number of amides is 1. The van der Waals surface area contributed by atoms with Crippen molar-refractivity contribution in [1.82, 2.24) is 25.1 Å². The van der Waals surface area contributed by atoms with E-state index in [9.17, 15) is 4.79 Å². The molecule has 6 nitrogen and oxygen atoms in total. The van der Waals surface area contributed by atoms with Crippen molar-refractivity contribution in [3.05, 3.63) is 6.33 Å². The Balaban J connectivity index is 1.99. The van der Waals surface area contributed by atoms with Gasteiger partial charge >= 0.3 is 0 Å². The molecule has 0 aromatic carbocycles. The van der Waals surface area contributed by atoms with Crippen molar-refractivity contribution < 1.29 is 4.79 Å². The van der Waals surface area contributed by atoms with E-state index in [2.05, 4.69) is 15.5 Å². The van der Waals surface area contributed by atoms with Gasteiger partial charge in [-0.3, -0.25) is 9.69 Å². The highest BCUT2D eigenvalue weighted by atomic mass is 32.2. The molecule has 2 rings (SSSR count). The minimum atomic E-state index is -0.0627. The average molecular weight is 229 g/mol. The van der Waals surface area contributed by atoms with Crippen molar-refractivity contribution in [2.45, 2.75) is 6.54 Å². The van der Waals surface area contributed by atoms with Gasteiger partial charge in [0, 0.05) is 12.3 Å². The van der Waals surface area contributed by atoms with Crippen LogP contribution in [0.2, 0.25) is 0 Å². The monoisotopic (exact) mass is 229 g/mol. The molecule has 2 heterocycles. The summed E-state index contributed by atoms with van der Waals surface area (Å²) in [6.45, 7) is 0.832. The molecule has 8 heteroatoms. The Morgan fingerprint density at radius 3 is 3.14 bits per heavy atom. The molecule has 0 saturated carbocycles. The molecule has 1 amide bonds. The summed E-state index contributed by atoms with van der Waals surface area (Å²) < 4.78 is 2.02. The lowest BCUT2D eigenvalue weighted by molar-refractivity contribution is -0.127. The number of tetrazole rings is 1. The zero-order chi connectivity index (χ0) is 9.97. The SMILES string of the molecule is O=C(Cn1cnnn1)N1CCSC1=S. The van der Waals surface area contributed by atoms with Crippen LogP contribution in [0.1, 0.15) is 0 Å². The zero-order valence-corrected chi connectivity index (χ0v) is 8.79. The van der Waals surface area contributed by atoms with Crippen molar-refractivity contribution >= 4 is 34.2 Å². The first kappa shape index (κ1) is 9.53. The van der Waals surface area contributed by atoms with Gasteiger partial charge in [0.1, 0.15) is 17.2 Å². The Morgan fingerprint density at radius 2 is 2.57 bits per heavy atom. The van der Waals surface area contributed by atoms with Crippen LogP contribution in [0, 0.1) is 0 Å². The van der Waals surface area contributed by atoms with Crippen LogP contribution in [0.3, 0.4) is 0 Å². The molecule has 1 aromatic heterocycles. The third kappa shape index (κ3) is 1.90. The van der Waals surface area contributed by atoms with Crippen LogP contribution in [0.5, 0.6) is 0 Å². The van der Waals surface area contributed by atoms with E-state index in [0.717, 1.165) is 5.75 Å². The van der Waals surface area contributed by atoms with Gasteiger partial charge < -0.3 is 0 Å². The summed E-state index contributed by atoms with van der Waals surface area (Å²) in [5, 5.41) is 10.5. The summed E-state index contributed by atoms with van der Waals surface area (Å²) in [6, 6.07) is 0. The van der Waals surface area contributed by atoms with E-state index in [1.165, 1.54) is 22.8 Å². The molecule has 0 atom stereocenters. The predicted octanol–water partition coefficient (Wildman–Crippen LogP) is -0.467. The van der Waals surface area contributed by atoms with Crippen LogP contribution in [-0.4, -0.2) is 47.6 Å². The summed E-state index contributed by atoms with van der Waals surface area (Å²) in [7, 11) is 0. The highest BCUT2D eigenvalue weighted by Gasteiger charge is 2.24. The number of rotatable bonds is 2. The fourth-order valence-corrected chi connectivity index (χ4v) is 2.34. The number of carbonyl (C=O) groups excluding carboxylic acids is 1. The molecule has 14 heavy (non-hydrogen) atoms. The molecule has 0 radical (unpaired) electrons. The van der Waals surface area contributed by atoms with E-state index in [0.29, 0.717) is 10.9 Å². The Bertz CT molecular complexity index is 351. The van der Waals surface area contributed by atoms with Crippen molar-refractivity contribution in [3.63, 3.8) is 0 Å². The van der Waals surface area contributed by atoms with Crippen molar-refractivity contribution in [2.24, 2.45) is 0 Å². The number of thioether (sulfide) groups is 1. The maximum Gasteiger partial charge on any atom is 0.249 e. The number of hydrogen-bond acceptors (Lipinski definition) is 6. The van der Waals surface area contributed by atoms with Crippen LogP contribution in [0.25, 0.3) is 0 Å². The van der Waals surface area contributed by atoms with Crippen LogP contribution in [-0.2, 0) is 11.3 Å². The normalized spacial score (nSPS) is 16.3. The number of aromatic nitrogens is 4. The minimum Gasteiger partial charge on any atom is -0.295 e. The number of hydrogen-bond donors (Lipinski definition) is 0. The highest BCUT2D eigenvalue weighted by molar-refractivity contribution is 8.23. The standard InChI is InChI=1S/C6H7N5OS2/c12-5(3-10-4-7-8-9-10)11-1-2-14-6(11)13/h4H,1-3H2. The molecule has 0 aliphatic carbocycles. The van der Waals surface area contributed by atoms with Gasteiger partial charge in [0.25, 0.3) is 0 Å². The molecule has 1 saturated heterocycles. The molecule has 0 spiro atoms. The first-order valence-corrected chi connectivity index (χ1v) is 5.34. The number of carbonyl (C=O) groups is 1. The molecular weight excluding hydrogens is 222 g/mol. The third-order valence-electron chi connectivity index (χ3n) is 1.75. The second kappa shape index (κ2) is 4.01. The summed E-state index contributed by atoms with van der Waals surface area (Å²) in [5.41, 5.74) is 0. The molecule has 0 bridgehead atoms. The van der Waals surface area contributed by atoms with Gasteiger partial charge in [-0.2, -0.15) is 0 Å². The van der Waals surface area contributed by atoms with Gasteiger partial charge in [-0.05, 0) is 10.4 Å². The molecule has 0 N–H and O–H groups in total. The maximum absolute atomic E-state index is 11.6. The number of thiocarbonyl (C=S) groups is 1. The smallest absolute Gasteiger partial charge is 0.249 e. The lowest BCUT2D eigenvalue weighted by Gasteiger charge is -2.13. The topological polar surface area (TPSA) is 63.9 Å². The van der Waals surface area contributed by atoms with Crippen LogP contribution < -0.4 is 0 Å². The molecule has 74 valence electrons. The first-order chi connectivity index (χ1) is 6.77. The van der Waals surface area contributed by atoms with Gasteiger partial charge in [-0.1, -0.05) is 24.0 Å². The second-order valence-electron chi connectivity index (χ2n) is 2.67. The molecule has 0 unspecified atom stereocenters. The van der Waals surface area contributed by atoms with E-state index in [-0.39, 0.29) is 12.5 Å². The third-order valence-corrected chi connectivity index (χ3v) is 3.18. The fraction of sp³-hybridized carbons (Fsp3) is 0.500. The highest BCUT2D eigenvalue weighted by Crippen LogP contribution is 2.17. The number of nitrogens with zero attached hydrogens (tertiary/aromatic N) is 5. The lowest BCUT2D eigenvalue weighted by atomic mass is 10.5. The summed E-state index contributed by atoms with van der Waals surface area (Å²) in [6.07, 6.45) is 1.41. The maximum atomic E-state index is 11.6. The van der Waals surface area contributed by atoms with Crippen molar-refractivity contribution in [2.75, 3.05) is 12.3 Å². The second-order valence-corrected chi connectivity index (χ2v) is 4.40. The predicted molar refractivity (Wildman–Crippen MR) is 54.6 cm³/mol. The largest absolute Gasteiger partial charge is 0.295 e. The van der Waals surface area contributed by atoms with Crippen molar-refractivity contribution in [3.8, 4) is 0 Å². The van der Waals surface area contributed by atoms with Crippen molar-refractivity contribution in [1.29, 1.82) is 0 Å². The fourth-order valence-electron chi connectivity index (χ4n) is 1.10. The van der Waals surface area contributed by atoms with Crippen LogP contribution >= 0.6 is 24.0 Å². The molecular formula is C6H7N5OS2. The van der Waals surface area contributed by atoms with Crippen LogP contribution in [0.4, 0.5) is 0 Å². The summed E-state index contributed by atoms with van der Waals surface area (Å²) >= 11 is 6.54. The molecule has 1 aromatic rings. The Kier molecular flexibility index (Phi) is 2.73. The average Bonchev–Trinajstić information content (AvgIpc) is 2.75. The van der Waals surface area contributed by atoms with Gasteiger partial charge in [0.05, 0.1) is 0 Å². The van der Waals surface area contributed by atoms with E-state index in [4.69, 9.17) is 12.2 Å². The van der Waals surface area contributed by atoms with E-state index in [1.54, 1.807) is 4.90 Å². The lowest BCUT2D eigenvalue weighted by Crippen LogP contribution is -2.33. The van der Waals surface area contributed by atoms with Gasteiger partial charge in [0.2, 0.25) is 5.91 Å².